The average molecular weight is 315 g/mol. The van der Waals surface area contributed by atoms with Gasteiger partial charge in [0.2, 0.25) is 0 Å². The van der Waals surface area contributed by atoms with Gasteiger partial charge in [-0.1, -0.05) is 37.9 Å². The molecule has 1 aromatic heterocycles. The third-order valence-corrected chi connectivity index (χ3v) is 4.85. The predicted octanol–water partition coefficient (Wildman–Crippen LogP) is 3.37. The van der Waals surface area contributed by atoms with Crippen LogP contribution in [0.5, 0.6) is 0 Å². The van der Waals surface area contributed by atoms with Crippen LogP contribution in [0.2, 0.25) is 0 Å². The first-order valence-electron chi connectivity index (χ1n) is 7.33. The maximum atomic E-state index is 4.26. The number of aromatic nitrogens is 1. The molecule has 6 heteroatoms. The largest absolute Gasteiger partial charge is 0.356 e. The highest BCUT2D eigenvalue weighted by molar-refractivity contribution is 8.00. The van der Waals surface area contributed by atoms with Gasteiger partial charge in [-0.25, -0.2) is 4.98 Å². The minimum Gasteiger partial charge on any atom is -0.356 e. The molecule has 0 aliphatic heterocycles. The summed E-state index contributed by atoms with van der Waals surface area (Å²) in [6, 6.07) is 0. The molecule has 0 aliphatic rings. The topological polar surface area (TPSA) is 49.3 Å². The van der Waals surface area contributed by atoms with Gasteiger partial charge in [0.05, 0.1) is 0 Å². The predicted molar refractivity (Wildman–Crippen MR) is 91.0 cm³/mol. The van der Waals surface area contributed by atoms with E-state index in [0.717, 1.165) is 35.6 Å². The fourth-order valence-corrected chi connectivity index (χ4v) is 3.35. The first-order chi connectivity index (χ1) is 9.86. The summed E-state index contributed by atoms with van der Waals surface area (Å²) in [6.45, 7) is 4.19. The van der Waals surface area contributed by atoms with Gasteiger partial charge in [-0.05, 0) is 12.8 Å². The number of rotatable bonds is 10. The van der Waals surface area contributed by atoms with E-state index in [0.29, 0.717) is 0 Å². The molecule has 0 aliphatic carbocycles. The molecule has 0 fully saturated rings. The second-order valence-electron chi connectivity index (χ2n) is 4.49. The van der Waals surface area contributed by atoms with Crippen molar-refractivity contribution in [1.29, 1.82) is 0 Å². The van der Waals surface area contributed by atoms with Crippen LogP contribution in [0, 0.1) is 0 Å². The Balaban J connectivity index is 1.98. The Bertz CT molecular complexity index is 352. The number of nitrogens with one attached hydrogen (secondary N) is 2. The van der Waals surface area contributed by atoms with Gasteiger partial charge in [-0.15, -0.1) is 11.3 Å². The zero-order chi connectivity index (χ0) is 14.5. The Morgan fingerprint density at radius 2 is 2.05 bits per heavy atom. The Labute approximate surface area is 130 Å². The monoisotopic (exact) mass is 314 g/mol. The van der Waals surface area contributed by atoms with Crippen LogP contribution in [0.25, 0.3) is 0 Å². The van der Waals surface area contributed by atoms with Crippen molar-refractivity contribution < 1.29 is 0 Å². The number of thioether (sulfide) groups is 1. The molecular formula is C14H26N4S2. The zero-order valence-electron chi connectivity index (χ0n) is 12.5. The summed E-state index contributed by atoms with van der Waals surface area (Å²) in [5.41, 5.74) is 0. The van der Waals surface area contributed by atoms with Crippen LogP contribution in [-0.2, 0) is 0 Å². The molecule has 4 nitrogen and oxygen atoms in total. The summed E-state index contributed by atoms with van der Waals surface area (Å²) >= 11 is 3.53. The fraction of sp³-hybridized carbons (Fsp3) is 0.714. The van der Waals surface area contributed by atoms with Gasteiger partial charge in [0.15, 0.2) is 5.96 Å². The molecule has 1 heterocycles. The first-order valence-corrected chi connectivity index (χ1v) is 9.20. The molecule has 0 atom stereocenters. The third-order valence-electron chi connectivity index (χ3n) is 2.80. The Morgan fingerprint density at radius 3 is 2.70 bits per heavy atom. The van der Waals surface area contributed by atoms with E-state index in [1.54, 1.807) is 11.3 Å². The molecule has 1 rings (SSSR count). The van der Waals surface area contributed by atoms with E-state index in [2.05, 4.69) is 27.5 Å². The second-order valence-corrected chi connectivity index (χ2v) is 6.72. The van der Waals surface area contributed by atoms with Crippen molar-refractivity contribution >= 4 is 29.1 Å². The zero-order valence-corrected chi connectivity index (χ0v) is 14.2. The van der Waals surface area contributed by atoms with Gasteiger partial charge >= 0.3 is 0 Å². The van der Waals surface area contributed by atoms with Crippen LogP contribution in [0.1, 0.15) is 39.0 Å². The molecular weight excluding hydrogens is 288 g/mol. The van der Waals surface area contributed by atoms with Crippen molar-refractivity contribution in [2.24, 2.45) is 4.99 Å². The van der Waals surface area contributed by atoms with Crippen molar-refractivity contribution in [3.8, 4) is 0 Å². The lowest BCUT2D eigenvalue weighted by atomic mass is 10.2. The molecule has 0 radical (unpaired) electrons. The standard InChI is InChI=1S/C14H26N4S2/c1-3-4-5-6-8-16-13(15-2)17-9-7-11-19-14-18-10-12-20-14/h10,12H,3-9,11H2,1-2H3,(H2,15,16,17). The van der Waals surface area contributed by atoms with Gasteiger partial charge in [-0.3, -0.25) is 4.99 Å². The lowest BCUT2D eigenvalue weighted by molar-refractivity contribution is 0.646. The summed E-state index contributed by atoms with van der Waals surface area (Å²) in [5.74, 6) is 2.01. The molecule has 20 heavy (non-hydrogen) atoms. The highest BCUT2D eigenvalue weighted by Gasteiger charge is 1.98. The maximum Gasteiger partial charge on any atom is 0.190 e. The molecule has 0 bridgehead atoms. The summed E-state index contributed by atoms with van der Waals surface area (Å²) in [6.07, 6.45) is 8.08. The fourth-order valence-electron chi connectivity index (χ4n) is 1.70. The van der Waals surface area contributed by atoms with E-state index in [1.165, 1.54) is 25.7 Å². The number of guanidine groups is 1. The molecule has 1 aromatic rings. The van der Waals surface area contributed by atoms with Crippen LogP contribution in [0.15, 0.2) is 20.9 Å². The van der Waals surface area contributed by atoms with Gasteiger partial charge < -0.3 is 10.6 Å². The molecule has 0 saturated heterocycles. The van der Waals surface area contributed by atoms with Gasteiger partial charge in [-0.2, -0.15) is 0 Å². The second kappa shape index (κ2) is 12.0. The van der Waals surface area contributed by atoms with Crippen molar-refractivity contribution in [1.82, 2.24) is 15.6 Å². The first kappa shape index (κ1) is 17.3. The molecule has 0 unspecified atom stereocenters. The lowest BCUT2D eigenvalue weighted by Gasteiger charge is -2.11. The number of hydrogen-bond acceptors (Lipinski definition) is 4. The molecule has 114 valence electrons. The summed E-state index contributed by atoms with van der Waals surface area (Å²) < 4.78 is 1.16. The van der Waals surface area contributed by atoms with Crippen LogP contribution >= 0.6 is 23.1 Å². The van der Waals surface area contributed by atoms with Crippen molar-refractivity contribution in [3.63, 3.8) is 0 Å². The average Bonchev–Trinajstić information content (AvgIpc) is 2.97. The summed E-state index contributed by atoms with van der Waals surface area (Å²) in [4.78, 5) is 8.49. The SMILES string of the molecule is CCCCCCNC(=NC)NCCCSc1nccs1. The van der Waals surface area contributed by atoms with E-state index in [1.807, 2.05) is 30.4 Å². The Kier molecular flexibility index (Phi) is 10.4. The van der Waals surface area contributed by atoms with E-state index in [9.17, 15) is 0 Å². The van der Waals surface area contributed by atoms with E-state index in [-0.39, 0.29) is 0 Å². The highest BCUT2D eigenvalue weighted by atomic mass is 32.2. The highest BCUT2D eigenvalue weighted by Crippen LogP contribution is 2.20. The number of nitrogens with zero attached hydrogens (tertiary/aromatic N) is 2. The quantitative estimate of drug-likeness (QED) is 0.301. The van der Waals surface area contributed by atoms with Gasteiger partial charge in [0.1, 0.15) is 4.34 Å². The summed E-state index contributed by atoms with van der Waals surface area (Å²) in [5, 5.41) is 8.72. The molecule has 0 spiro atoms. The Hall–Kier alpha value is -0.750. The van der Waals surface area contributed by atoms with Crippen LogP contribution in [-0.4, -0.2) is 36.8 Å². The smallest absolute Gasteiger partial charge is 0.190 e. The molecule has 0 amide bonds. The maximum absolute atomic E-state index is 4.26. The Morgan fingerprint density at radius 1 is 1.25 bits per heavy atom. The third kappa shape index (κ3) is 8.43. The molecule has 0 saturated carbocycles. The minimum absolute atomic E-state index is 0.917. The van der Waals surface area contributed by atoms with Crippen molar-refractivity contribution in [2.75, 3.05) is 25.9 Å². The van der Waals surface area contributed by atoms with Crippen LogP contribution in [0.4, 0.5) is 0 Å². The lowest BCUT2D eigenvalue weighted by Crippen LogP contribution is -2.38. The summed E-state index contributed by atoms with van der Waals surface area (Å²) in [7, 11) is 1.83. The normalized spacial score (nSPS) is 11.6. The number of unbranched alkanes of at least 4 members (excludes halogenated alkanes) is 3. The van der Waals surface area contributed by atoms with Crippen molar-refractivity contribution in [3.05, 3.63) is 11.6 Å². The molecule has 2 N–H and O–H groups in total. The van der Waals surface area contributed by atoms with Gasteiger partial charge in [0, 0.05) is 37.5 Å². The molecule has 0 aromatic carbocycles. The van der Waals surface area contributed by atoms with E-state index >= 15 is 0 Å². The van der Waals surface area contributed by atoms with E-state index < -0.39 is 0 Å². The van der Waals surface area contributed by atoms with Crippen LogP contribution < -0.4 is 10.6 Å². The number of thiazole rings is 1. The minimum atomic E-state index is 0.917. The van der Waals surface area contributed by atoms with Crippen LogP contribution in [0.3, 0.4) is 0 Å². The number of hydrogen-bond donors (Lipinski definition) is 2. The number of aliphatic imine (C=N–C) groups is 1. The van der Waals surface area contributed by atoms with Gasteiger partial charge in [0.25, 0.3) is 0 Å². The van der Waals surface area contributed by atoms with E-state index in [4.69, 9.17) is 0 Å². The van der Waals surface area contributed by atoms with Crippen molar-refractivity contribution in [2.45, 2.75) is 43.4 Å².